The fraction of sp³-hybridized carbons (Fsp3) is 0.333. The summed E-state index contributed by atoms with van der Waals surface area (Å²) < 4.78 is 0. The summed E-state index contributed by atoms with van der Waals surface area (Å²) in [4.78, 5) is 8.24. The van der Waals surface area contributed by atoms with Gasteiger partial charge in [0.15, 0.2) is 0 Å². The Hall–Kier alpha value is -1.44. The van der Waals surface area contributed by atoms with Crippen LogP contribution in [0.4, 0.5) is 0 Å². The predicted octanol–water partition coefficient (Wildman–Crippen LogP) is 3.68. The lowest BCUT2D eigenvalue weighted by Crippen LogP contribution is -1.78. The van der Waals surface area contributed by atoms with E-state index in [2.05, 4.69) is 9.97 Å². The molecule has 76 valence electrons. The van der Waals surface area contributed by atoms with Gasteiger partial charge in [0.1, 0.15) is 0 Å². The molecule has 2 rings (SSSR count). The molecule has 0 bridgehead atoms. The van der Waals surface area contributed by atoms with Gasteiger partial charge in [0.05, 0.1) is 11.0 Å². The lowest BCUT2D eigenvalue weighted by atomic mass is 10.3. The van der Waals surface area contributed by atoms with Crippen LogP contribution in [-0.4, -0.2) is 9.97 Å². The standard InChI is InChI=1S/C8H6N2.2C2H6/c1-2-4-8-7(3-1)9-5-6-10-8;2*1-2/h1-6H;2*1-2H3. The highest BCUT2D eigenvalue weighted by atomic mass is 14.8. The van der Waals surface area contributed by atoms with E-state index in [-0.39, 0.29) is 0 Å². The molecule has 1 aromatic carbocycles. The maximum Gasteiger partial charge on any atom is 0.0886 e. The lowest BCUT2D eigenvalue weighted by molar-refractivity contribution is 1.29. The summed E-state index contributed by atoms with van der Waals surface area (Å²) in [6, 6.07) is 7.80. The molecule has 0 aliphatic carbocycles. The summed E-state index contributed by atoms with van der Waals surface area (Å²) in [5, 5.41) is 0. The summed E-state index contributed by atoms with van der Waals surface area (Å²) in [5.41, 5.74) is 1.90. The van der Waals surface area contributed by atoms with Gasteiger partial charge in [0.25, 0.3) is 0 Å². The molecule has 0 atom stereocenters. The van der Waals surface area contributed by atoms with E-state index in [1.54, 1.807) is 12.4 Å². The zero-order valence-electron chi connectivity index (χ0n) is 9.36. The third-order valence-corrected chi connectivity index (χ3v) is 1.38. The van der Waals surface area contributed by atoms with Crippen LogP contribution in [0, 0.1) is 0 Å². The van der Waals surface area contributed by atoms with Crippen LogP contribution in [0.2, 0.25) is 0 Å². The van der Waals surface area contributed by atoms with Crippen molar-refractivity contribution in [3.8, 4) is 0 Å². The maximum atomic E-state index is 4.12. The zero-order chi connectivity index (χ0) is 10.8. The Morgan fingerprint density at radius 3 is 1.43 bits per heavy atom. The number of benzene rings is 1. The first-order chi connectivity index (χ1) is 6.97. The number of rotatable bonds is 0. The number of nitrogens with zero attached hydrogens (tertiary/aromatic N) is 2. The van der Waals surface area contributed by atoms with Crippen LogP contribution in [-0.2, 0) is 0 Å². The number of aromatic nitrogens is 2. The molecule has 2 heteroatoms. The quantitative estimate of drug-likeness (QED) is 0.633. The third kappa shape index (κ3) is 3.52. The van der Waals surface area contributed by atoms with E-state index >= 15 is 0 Å². The predicted molar refractivity (Wildman–Crippen MR) is 62.2 cm³/mol. The van der Waals surface area contributed by atoms with Gasteiger partial charge in [0, 0.05) is 12.4 Å². The van der Waals surface area contributed by atoms with Gasteiger partial charge in [-0.3, -0.25) is 9.97 Å². The van der Waals surface area contributed by atoms with Crippen molar-refractivity contribution in [2.45, 2.75) is 27.7 Å². The Morgan fingerprint density at radius 2 is 1.07 bits per heavy atom. The van der Waals surface area contributed by atoms with E-state index in [0.29, 0.717) is 0 Å². The van der Waals surface area contributed by atoms with Crippen molar-refractivity contribution >= 4 is 11.0 Å². The monoisotopic (exact) mass is 190 g/mol. The molecular formula is C12H18N2. The van der Waals surface area contributed by atoms with Crippen LogP contribution in [0.1, 0.15) is 27.7 Å². The summed E-state index contributed by atoms with van der Waals surface area (Å²) in [6.07, 6.45) is 3.39. The minimum Gasteiger partial charge on any atom is -0.253 e. The average molecular weight is 190 g/mol. The Kier molecular flexibility index (Phi) is 7.33. The smallest absolute Gasteiger partial charge is 0.0886 e. The van der Waals surface area contributed by atoms with Crippen LogP contribution in [0.5, 0.6) is 0 Å². The van der Waals surface area contributed by atoms with Crippen LogP contribution in [0.25, 0.3) is 11.0 Å². The molecule has 0 aliphatic rings. The van der Waals surface area contributed by atoms with Gasteiger partial charge >= 0.3 is 0 Å². The van der Waals surface area contributed by atoms with Crippen LogP contribution in [0.15, 0.2) is 36.7 Å². The molecule has 0 saturated heterocycles. The van der Waals surface area contributed by atoms with E-state index < -0.39 is 0 Å². The van der Waals surface area contributed by atoms with Crippen molar-refractivity contribution in [1.82, 2.24) is 9.97 Å². The molecule has 14 heavy (non-hydrogen) atoms. The molecule has 0 aliphatic heterocycles. The second-order valence-corrected chi connectivity index (χ2v) is 2.05. The first kappa shape index (κ1) is 12.6. The molecule has 0 amide bonds. The topological polar surface area (TPSA) is 25.8 Å². The van der Waals surface area contributed by atoms with E-state index in [9.17, 15) is 0 Å². The summed E-state index contributed by atoms with van der Waals surface area (Å²) in [7, 11) is 0. The minimum absolute atomic E-state index is 0.949. The van der Waals surface area contributed by atoms with Gasteiger partial charge in [-0.2, -0.15) is 0 Å². The molecule has 0 fully saturated rings. The maximum absolute atomic E-state index is 4.12. The first-order valence-electron chi connectivity index (χ1n) is 5.12. The van der Waals surface area contributed by atoms with Gasteiger partial charge in [0.2, 0.25) is 0 Å². The zero-order valence-corrected chi connectivity index (χ0v) is 9.36. The molecule has 2 aromatic rings. The van der Waals surface area contributed by atoms with Crippen LogP contribution < -0.4 is 0 Å². The highest BCUT2D eigenvalue weighted by Gasteiger charge is 1.88. The van der Waals surface area contributed by atoms with Crippen molar-refractivity contribution in [1.29, 1.82) is 0 Å². The highest BCUT2D eigenvalue weighted by Crippen LogP contribution is 2.04. The van der Waals surface area contributed by atoms with Crippen molar-refractivity contribution in [3.63, 3.8) is 0 Å². The van der Waals surface area contributed by atoms with Gasteiger partial charge < -0.3 is 0 Å². The van der Waals surface area contributed by atoms with Crippen molar-refractivity contribution in [3.05, 3.63) is 36.7 Å². The van der Waals surface area contributed by atoms with E-state index in [4.69, 9.17) is 0 Å². The molecule has 2 nitrogen and oxygen atoms in total. The fourth-order valence-corrected chi connectivity index (χ4v) is 0.910. The molecule has 1 aromatic heterocycles. The molecular weight excluding hydrogens is 172 g/mol. The van der Waals surface area contributed by atoms with Crippen molar-refractivity contribution < 1.29 is 0 Å². The number of hydrogen-bond donors (Lipinski definition) is 0. The van der Waals surface area contributed by atoms with Crippen molar-refractivity contribution in [2.24, 2.45) is 0 Å². The van der Waals surface area contributed by atoms with Gasteiger partial charge in [-0.15, -0.1) is 0 Å². The van der Waals surface area contributed by atoms with Gasteiger partial charge in [-0.25, -0.2) is 0 Å². The molecule has 0 spiro atoms. The van der Waals surface area contributed by atoms with Crippen LogP contribution in [0.3, 0.4) is 0 Å². The molecule has 0 radical (unpaired) electrons. The van der Waals surface area contributed by atoms with Gasteiger partial charge in [-0.1, -0.05) is 39.8 Å². The van der Waals surface area contributed by atoms with E-state index in [0.717, 1.165) is 11.0 Å². The van der Waals surface area contributed by atoms with E-state index in [1.165, 1.54) is 0 Å². The van der Waals surface area contributed by atoms with Crippen LogP contribution >= 0.6 is 0 Å². The Labute approximate surface area is 86.0 Å². The Morgan fingerprint density at radius 1 is 0.714 bits per heavy atom. The number of para-hydroxylation sites is 2. The normalized spacial score (nSPS) is 8.00. The summed E-state index contributed by atoms with van der Waals surface area (Å²) in [5.74, 6) is 0. The van der Waals surface area contributed by atoms with Crippen molar-refractivity contribution in [2.75, 3.05) is 0 Å². The number of hydrogen-bond acceptors (Lipinski definition) is 2. The largest absolute Gasteiger partial charge is 0.253 e. The highest BCUT2D eigenvalue weighted by molar-refractivity contribution is 5.72. The second kappa shape index (κ2) is 8.17. The average Bonchev–Trinajstić information content (AvgIpc) is 2.34. The SMILES string of the molecule is CC.CC.c1ccc2nccnc2c1. The molecule has 0 saturated carbocycles. The molecule has 1 heterocycles. The third-order valence-electron chi connectivity index (χ3n) is 1.38. The number of fused-ring (bicyclic) bond motifs is 1. The van der Waals surface area contributed by atoms with E-state index in [1.807, 2.05) is 52.0 Å². The molecule has 0 unspecified atom stereocenters. The first-order valence-corrected chi connectivity index (χ1v) is 5.12. The van der Waals surface area contributed by atoms with Gasteiger partial charge in [-0.05, 0) is 12.1 Å². The second-order valence-electron chi connectivity index (χ2n) is 2.05. The lowest BCUT2D eigenvalue weighted by Gasteiger charge is -1.90. The Bertz CT molecular complexity index is 279. The Balaban J connectivity index is 0.000000379. The fourth-order valence-electron chi connectivity index (χ4n) is 0.910. The molecule has 0 N–H and O–H groups in total. The minimum atomic E-state index is 0.949. The summed E-state index contributed by atoms with van der Waals surface area (Å²) in [6.45, 7) is 8.00. The summed E-state index contributed by atoms with van der Waals surface area (Å²) >= 11 is 0.